The number of hydrogen-bond donors (Lipinski definition) is 1. The summed E-state index contributed by atoms with van der Waals surface area (Å²) in [4.78, 5) is 13.3. The number of nitriles is 1. The fraction of sp³-hybridized carbons (Fsp3) is 0.800. The van der Waals surface area contributed by atoms with Gasteiger partial charge in [-0.3, -0.25) is 9.48 Å². The average molecular weight is 428 g/mol. The molecule has 0 radical (unpaired) electrons. The minimum atomic E-state index is 0.0314. The third kappa shape index (κ3) is 3.08. The molecule has 2 saturated heterocycles. The minimum Gasteiger partial charge on any atom is -0.297 e. The fourth-order valence-corrected chi connectivity index (χ4v) is 12.9. The molecule has 30 heavy (non-hydrogen) atoms. The van der Waals surface area contributed by atoms with Gasteiger partial charge in [0.1, 0.15) is 6.07 Å². The van der Waals surface area contributed by atoms with E-state index in [1.807, 2.05) is 0 Å². The second kappa shape index (κ2) is 7.40. The maximum Gasteiger partial charge on any atom is 0.157 e. The first kappa shape index (κ1) is 20.6. The van der Waals surface area contributed by atoms with Gasteiger partial charge in [0.25, 0.3) is 0 Å². The molecule has 3 heterocycles. The monoisotopic (exact) mass is 427 g/mol. The lowest BCUT2D eigenvalue weighted by Gasteiger charge is -2.62. The first-order chi connectivity index (χ1) is 14.3. The molecule has 4 fully saturated rings. The van der Waals surface area contributed by atoms with E-state index in [9.17, 15) is 4.79 Å². The maximum atomic E-state index is 13.3. The molecule has 0 N–H and O–H groups in total. The highest BCUT2D eigenvalue weighted by atomic mass is 32.2. The Bertz CT molecular complexity index is 874. The Kier molecular flexibility index (Phi) is 5.08. The Morgan fingerprint density at radius 2 is 1.97 bits per heavy atom. The molecule has 5 heteroatoms. The van der Waals surface area contributed by atoms with Gasteiger partial charge in [0, 0.05) is 12.1 Å². The Labute approximate surface area is 184 Å². The highest BCUT2D eigenvalue weighted by Gasteiger charge is 2.59. The van der Waals surface area contributed by atoms with Crippen molar-refractivity contribution in [2.24, 2.45) is 28.6 Å². The van der Waals surface area contributed by atoms with E-state index in [-0.39, 0.29) is 22.2 Å². The zero-order valence-corrected chi connectivity index (χ0v) is 19.7. The molecule has 1 aromatic heterocycles. The van der Waals surface area contributed by atoms with Crippen LogP contribution in [0.2, 0.25) is 0 Å². The molecule has 4 aliphatic rings. The molecule has 2 aliphatic carbocycles. The summed E-state index contributed by atoms with van der Waals surface area (Å²) >= 11 is 0. The summed E-state index contributed by atoms with van der Waals surface area (Å²) in [7, 11) is 0.0314. The normalized spacial score (nSPS) is 46.3. The van der Waals surface area contributed by atoms with Gasteiger partial charge in [0.15, 0.2) is 5.78 Å². The second-order valence-electron chi connectivity index (χ2n) is 11.3. The number of thiol groups is 1. The Hall–Kier alpha value is -1.28. The van der Waals surface area contributed by atoms with Crippen molar-refractivity contribution in [2.45, 2.75) is 89.2 Å². The van der Waals surface area contributed by atoms with Crippen LogP contribution in [-0.2, 0) is 11.3 Å². The van der Waals surface area contributed by atoms with E-state index in [2.05, 4.69) is 31.9 Å². The Morgan fingerprint density at radius 3 is 2.73 bits per heavy atom. The van der Waals surface area contributed by atoms with Crippen LogP contribution in [0.1, 0.15) is 77.7 Å². The van der Waals surface area contributed by atoms with Crippen molar-refractivity contribution in [3.63, 3.8) is 0 Å². The quantitative estimate of drug-likeness (QED) is 0.681. The van der Waals surface area contributed by atoms with Crippen LogP contribution in [0.15, 0.2) is 12.4 Å². The lowest BCUT2D eigenvalue weighted by molar-refractivity contribution is -0.126. The predicted molar refractivity (Wildman–Crippen MR) is 123 cm³/mol. The number of aromatic nitrogens is 2. The molecular weight excluding hydrogens is 390 g/mol. The number of hydrogen-bond acceptors (Lipinski definition) is 3. The summed E-state index contributed by atoms with van der Waals surface area (Å²) in [6.45, 7) is 7.88. The van der Waals surface area contributed by atoms with Crippen molar-refractivity contribution in [2.75, 3.05) is 5.75 Å². The summed E-state index contributed by atoms with van der Waals surface area (Å²) in [5.74, 6) is 3.84. The predicted octanol–water partition coefficient (Wildman–Crippen LogP) is 5.12. The molecule has 0 amide bonds. The van der Waals surface area contributed by atoms with Gasteiger partial charge in [0.05, 0.1) is 18.3 Å². The van der Waals surface area contributed by atoms with Crippen LogP contribution in [0.25, 0.3) is 0 Å². The summed E-state index contributed by atoms with van der Waals surface area (Å²) in [6, 6.07) is 2.11. The zero-order valence-electron chi connectivity index (χ0n) is 18.8. The van der Waals surface area contributed by atoms with Crippen LogP contribution in [0.4, 0.5) is 0 Å². The van der Waals surface area contributed by atoms with E-state index >= 15 is 0 Å². The van der Waals surface area contributed by atoms with Gasteiger partial charge in [0.2, 0.25) is 0 Å². The van der Waals surface area contributed by atoms with Crippen LogP contribution >= 0.6 is 10.9 Å². The van der Waals surface area contributed by atoms with Crippen LogP contribution in [0, 0.1) is 39.9 Å². The van der Waals surface area contributed by atoms with Crippen molar-refractivity contribution >= 4 is 16.7 Å². The summed E-state index contributed by atoms with van der Waals surface area (Å²) in [6.07, 6.45) is 13.9. The fourth-order valence-electron chi connectivity index (χ4n) is 8.08. The van der Waals surface area contributed by atoms with E-state index in [1.165, 1.54) is 50.7 Å². The molecule has 2 saturated carbocycles. The van der Waals surface area contributed by atoms with Gasteiger partial charge >= 0.3 is 0 Å². The Balaban J connectivity index is 1.34. The lowest BCUT2D eigenvalue weighted by Crippen LogP contribution is -2.53. The number of Topliss-reactive ketones (excluding diaryl/α,β-unsaturated/α-hetero) is 1. The van der Waals surface area contributed by atoms with Crippen LogP contribution in [0.3, 0.4) is 0 Å². The zero-order chi connectivity index (χ0) is 21.1. The van der Waals surface area contributed by atoms with E-state index in [4.69, 9.17) is 5.26 Å². The van der Waals surface area contributed by atoms with Gasteiger partial charge in [-0.05, 0) is 83.9 Å². The van der Waals surface area contributed by atoms with Crippen LogP contribution in [0.5, 0.6) is 0 Å². The first-order valence-corrected chi connectivity index (χ1v) is 13.7. The van der Waals surface area contributed by atoms with Crippen molar-refractivity contribution in [3.8, 4) is 6.07 Å². The molecule has 8 atom stereocenters. The Morgan fingerprint density at radius 1 is 1.20 bits per heavy atom. The third-order valence-corrected chi connectivity index (χ3v) is 13.9. The highest BCUT2D eigenvalue weighted by Crippen LogP contribution is 2.70. The SMILES string of the molecule is CC1CC[C@@]2(C)C(CC[SH]3C4CCC(C(=O)Cn5cc(C#N)cn5)C4(C)CCC32)C1. The van der Waals surface area contributed by atoms with Crippen molar-refractivity contribution < 1.29 is 4.79 Å². The van der Waals surface area contributed by atoms with Gasteiger partial charge in [-0.1, -0.05) is 27.2 Å². The number of carbonyl (C=O) groups is 1. The summed E-state index contributed by atoms with van der Waals surface area (Å²) < 4.78 is 1.67. The molecule has 164 valence electrons. The second-order valence-corrected chi connectivity index (χ2v) is 14.0. The largest absolute Gasteiger partial charge is 0.297 e. The molecule has 1 aromatic rings. The van der Waals surface area contributed by atoms with E-state index in [0.717, 1.165) is 28.8 Å². The van der Waals surface area contributed by atoms with Crippen molar-refractivity contribution in [1.29, 1.82) is 5.26 Å². The topological polar surface area (TPSA) is 58.7 Å². The van der Waals surface area contributed by atoms with Crippen LogP contribution < -0.4 is 0 Å². The van der Waals surface area contributed by atoms with Gasteiger partial charge < -0.3 is 0 Å². The number of carbonyl (C=O) groups excluding carboxylic acids is 1. The van der Waals surface area contributed by atoms with Gasteiger partial charge in [-0.25, -0.2) is 10.9 Å². The molecule has 0 aromatic carbocycles. The molecule has 7 unspecified atom stereocenters. The lowest BCUT2D eigenvalue weighted by atomic mass is 9.60. The smallest absolute Gasteiger partial charge is 0.157 e. The van der Waals surface area contributed by atoms with Crippen LogP contribution in [-0.4, -0.2) is 31.8 Å². The summed E-state index contributed by atoms with van der Waals surface area (Å²) in [5.41, 5.74) is 1.30. The number of fused-ring (bicyclic) bond motifs is 5. The first-order valence-electron chi connectivity index (χ1n) is 12.1. The number of ketones is 1. The van der Waals surface area contributed by atoms with E-state index in [0.29, 0.717) is 23.3 Å². The molecule has 4 nitrogen and oxygen atoms in total. The van der Waals surface area contributed by atoms with Gasteiger partial charge in [-0.15, -0.1) is 0 Å². The minimum absolute atomic E-state index is 0.0314. The average Bonchev–Trinajstić information content (AvgIpc) is 3.32. The van der Waals surface area contributed by atoms with E-state index in [1.54, 1.807) is 17.1 Å². The standard InChI is InChI=1S/C25H37N3OS/c1-17-6-9-24(2)19(12-17)8-11-30-22-5-4-20(25(22,3)10-7-23(24)30)21(29)16-28-15-18(13-26)14-27-28/h14-15,17,19-20,22-23,30H,4-12,16H2,1-3H3/t17?,19?,20?,22?,23?,24-,25?/m0/s1. The van der Waals surface area contributed by atoms with Crippen molar-refractivity contribution in [1.82, 2.24) is 9.78 Å². The number of rotatable bonds is 3. The highest BCUT2D eigenvalue weighted by molar-refractivity contribution is 8.18. The maximum absolute atomic E-state index is 13.3. The van der Waals surface area contributed by atoms with Gasteiger partial charge in [-0.2, -0.15) is 10.4 Å². The molecule has 2 aliphatic heterocycles. The summed E-state index contributed by atoms with van der Waals surface area (Å²) in [5, 5.41) is 15.0. The molecule has 0 spiro atoms. The molecular formula is C25H37N3OS. The molecule has 0 bridgehead atoms. The van der Waals surface area contributed by atoms with E-state index < -0.39 is 0 Å². The third-order valence-electron chi connectivity index (χ3n) is 9.80. The molecule has 5 rings (SSSR count). The number of nitrogens with zero attached hydrogens (tertiary/aromatic N) is 3. The van der Waals surface area contributed by atoms with Crippen molar-refractivity contribution in [3.05, 3.63) is 18.0 Å².